The van der Waals surface area contributed by atoms with E-state index in [2.05, 4.69) is 20.8 Å². The summed E-state index contributed by atoms with van der Waals surface area (Å²) in [5.41, 5.74) is 1.19. The molecule has 116 valence electrons. The van der Waals surface area contributed by atoms with Crippen molar-refractivity contribution in [1.82, 2.24) is 25.7 Å². The number of H-pyrrole nitrogens is 1. The number of piperazine rings is 1. The topological polar surface area (TPSA) is 90.1 Å². The fraction of sp³-hybridized carbons (Fsp3) is 0.400. The van der Waals surface area contributed by atoms with Gasteiger partial charge in [-0.25, -0.2) is 0 Å². The average molecular weight is 301 g/mol. The summed E-state index contributed by atoms with van der Waals surface area (Å²) in [6, 6.07) is 7.46. The third kappa shape index (κ3) is 3.09. The van der Waals surface area contributed by atoms with Gasteiger partial charge in [-0.2, -0.15) is 5.10 Å². The lowest BCUT2D eigenvalue weighted by Crippen LogP contribution is -2.47. The van der Waals surface area contributed by atoms with Gasteiger partial charge in [-0.1, -0.05) is 18.2 Å². The van der Waals surface area contributed by atoms with Crippen LogP contribution in [0.25, 0.3) is 10.9 Å². The van der Waals surface area contributed by atoms with Crippen molar-refractivity contribution in [2.45, 2.75) is 6.42 Å². The highest BCUT2D eigenvalue weighted by molar-refractivity contribution is 6.04. The molecule has 0 spiro atoms. The zero-order valence-electron chi connectivity index (χ0n) is 12.3. The van der Waals surface area contributed by atoms with Crippen LogP contribution in [0.15, 0.2) is 24.3 Å². The molecule has 2 heterocycles. The molecule has 0 aliphatic carbocycles. The van der Waals surface area contributed by atoms with Gasteiger partial charge >= 0.3 is 0 Å². The zero-order valence-corrected chi connectivity index (χ0v) is 12.3. The molecule has 2 aromatic rings. The Kier molecular flexibility index (Phi) is 4.34. The second-order valence-electron chi connectivity index (χ2n) is 5.25. The van der Waals surface area contributed by atoms with Crippen molar-refractivity contribution in [3.05, 3.63) is 30.0 Å². The summed E-state index contributed by atoms with van der Waals surface area (Å²) in [5.74, 6) is -0.181. The van der Waals surface area contributed by atoms with Crippen molar-refractivity contribution >= 4 is 22.7 Å². The molecule has 7 heteroatoms. The third-order valence-electron chi connectivity index (χ3n) is 3.78. The van der Waals surface area contributed by atoms with Gasteiger partial charge in [-0.15, -0.1) is 0 Å². The number of rotatable bonds is 4. The van der Waals surface area contributed by atoms with E-state index >= 15 is 0 Å². The predicted octanol–water partition coefficient (Wildman–Crippen LogP) is 0.115. The first-order chi connectivity index (χ1) is 10.8. The maximum absolute atomic E-state index is 12.1. The van der Waals surface area contributed by atoms with E-state index in [9.17, 15) is 9.59 Å². The van der Waals surface area contributed by atoms with Gasteiger partial charge in [0.2, 0.25) is 5.91 Å². The van der Waals surface area contributed by atoms with E-state index in [0.29, 0.717) is 18.7 Å². The molecule has 3 rings (SSSR count). The largest absolute Gasteiger partial charge is 0.350 e. The molecule has 3 N–H and O–H groups in total. The second kappa shape index (κ2) is 6.57. The minimum absolute atomic E-state index is 0.0775. The molecular formula is C15H19N5O2. The molecule has 2 amide bonds. The SMILES string of the molecule is O=C(NCCC(=O)N1CCNCC1)c1n[nH]c2ccccc12. The van der Waals surface area contributed by atoms with Gasteiger partial charge in [0.15, 0.2) is 5.69 Å². The van der Waals surface area contributed by atoms with E-state index < -0.39 is 0 Å². The van der Waals surface area contributed by atoms with E-state index in [-0.39, 0.29) is 11.8 Å². The van der Waals surface area contributed by atoms with Crippen LogP contribution in [0.5, 0.6) is 0 Å². The molecule has 1 saturated heterocycles. The second-order valence-corrected chi connectivity index (χ2v) is 5.25. The van der Waals surface area contributed by atoms with E-state index in [1.54, 1.807) is 0 Å². The molecule has 0 saturated carbocycles. The van der Waals surface area contributed by atoms with Crippen LogP contribution in [0.1, 0.15) is 16.9 Å². The highest BCUT2D eigenvalue weighted by atomic mass is 16.2. The molecule has 1 aliphatic heterocycles. The number of nitrogens with one attached hydrogen (secondary N) is 3. The molecule has 0 atom stereocenters. The molecule has 0 radical (unpaired) electrons. The monoisotopic (exact) mass is 301 g/mol. The Morgan fingerprint density at radius 3 is 2.82 bits per heavy atom. The molecule has 1 aliphatic rings. The van der Waals surface area contributed by atoms with Gasteiger partial charge < -0.3 is 15.5 Å². The van der Waals surface area contributed by atoms with Crippen LogP contribution in [-0.2, 0) is 4.79 Å². The summed E-state index contributed by atoms with van der Waals surface area (Å²) in [6.45, 7) is 3.45. The Balaban J connectivity index is 1.53. The lowest BCUT2D eigenvalue weighted by molar-refractivity contribution is -0.131. The number of aromatic nitrogens is 2. The van der Waals surface area contributed by atoms with E-state index in [1.165, 1.54) is 0 Å². The predicted molar refractivity (Wildman–Crippen MR) is 82.5 cm³/mol. The fourth-order valence-electron chi connectivity index (χ4n) is 2.58. The van der Waals surface area contributed by atoms with Crippen molar-refractivity contribution in [2.75, 3.05) is 32.7 Å². The first-order valence-corrected chi connectivity index (χ1v) is 7.45. The third-order valence-corrected chi connectivity index (χ3v) is 3.78. The summed E-state index contributed by atoms with van der Waals surface area (Å²) >= 11 is 0. The highest BCUT2D eigenvalue weighted by Gasteiger charge is 2.17. The number of fused-ring (bicyclic) bond motifs is 1. The quantitative estimate of drug-likeness (QED) is 0.748. The number of carbonyl (C=O) groups excluding carboxylic acids is 2. The number of hydrogen-bond acceptors (Lipinski definition) is 4. The number of nitrogens with zero attached hydrogens (tertiary/aromatic N) is 2. The fourth-order valence-corrected chi connectivity index (χ4v) is 2.58. The maximum Gasteiger partial charge on any atom is 0.272 e. The van der Waals surface area contributed by atoms with Crippen molar-refractivity contribution in [3.8, 4) is 0 Å². The summed E-state index contributed by atoms with van der Waals surface area (Å²) in [6.07, 6.45) is 0.314. The van der Waals surface area contributed by atoms with E-state index in [4.69, 9.17) is 0 Å². The molecule has 0 unspecified atom stereocenters. The molecule has 0 bridgehead atoms. The van der Waals surface area contributed by atoms with Gasteiger partial charge in [0.05, 0.1) is 5.52 Å². The lowest BCUT2D eigenvalue weighted by Gasteiger charge is -2.27. The number of hydrogen-bond donors (Lipinski definition) is 3. The van der Waals surface area contributed by atoms with Gasteiger partial charge in [0, 0.05) is 44.5 Å². The standard InChI is InChI=1S/C15H19N5O2/c21-13(20-9-7-16-8-10-20)5-6-17-15(22)14-11-3-1-2-4-12(11)18-19-14/h1-4,16H,5-10H2,(H,17,22)(H,18,19). The number of carbonyl (C=O) groups is 2. The zero-order chi connectivity index (χ0) is 15.4. The van der Waals surface area contributed by atoms with Crippen molar-refractivity contribution in [2.24, 2.45) is 0 Å². The van der Waals surface area contributed by atoms with Crippen LogP contribution >= 0.6 is 0 Å². The van der Waals surface area contributed by atoms with Gasteiger partial charge in [0.1, 0.15) is 0 Å². The number of benzene rings is 1. The maximum atomic E-state index is 12.1. The van der Waals surface area contributed by atoms with Gasteiger partial charge in [-0.05, 0) is 6.07 Å². The van der Waals surface area contributed by atoms with Crippen LogP contribution < -0.4 is 10.6 Å². The minimum Gasteiger partial charge on any atom is -0.350 e. The van der Waals surface area contributed by atoms with Gasteiger partial charge in [-0.3, -0.25) is 14.7 Å². The Bertz CT molecular complexity index is 675. The van der Waals surface area contributed by atoms with Crippen molar-refractivity contribution < 1.29 is 9.59 Å². The van der Waals surface area contributed by atoms with Crippen molar-refractivity contribution in [3.63, 3.8) is 0 Å². The number of amides is 2. The molecular weight excluding hydrogens is 282 g/mol. The van der Waals surface area contributed by atoms with Crippen LogP contribution in [0.2, 0.25) is 0 Å². The molecule has 1 aromatic carbocycles. The Labute approximate surface area is 128 Å². The summed E-state index contributed by atoms with van der Waals surface area (Å²) in [5, 5.41) is 13.6. The number of para-hydroxylation sites is 1. The summed E-state index contributed by atoms with van der Waals surface area (Å²) in [4.78, 5) is 26.0. The molecule has 22 heavy (non-hydrogen) atoms. The van der Waals surface area contributed by atoms with Crippen LogP contribution in [0.3, 0.4) is 0 Å². The average Bonchev–Trinajstić information content (AvgIpc) is 2.99. The number of aromatic amines is 1. The van der Waals surface area contributed by atoms with Gasteiger partial charge in [0.25, 0.3) is 5.91 Å². The van der Waals surface area contributed by atoms with E-state index in [0.717, 1.165) is 37.1 Å². The highest BCUT2D eigenvalue weighted by Crippen LogP contribution is 2.14. The molecule has 1 aromatic heterocycles. The lowest BCUT2D eigenvalue weighted by atomic mass is 10.2. The summed E-state index contributed by atoms with van der Waals surface area (Å²) < 4.78 is 0. The van der Waals surface area contributed by atoms with Crippen LogP contribution in [-0.4, -0.2) is 59.6 Å². The van der Waals surface area contributed by atoms with Crippen LogP contribution in [0.4, 0.5) is 0 Å². The van der Waals surface area contributed by atoms with Crippen molar-refractivity contribution in [1.29, 1.82) is 0 Å². The summed E-state index contributed by atoms with van der Waals surface area (Å²) in [7, 11) is 0. The Morgan fingerprint density at radius 2 is 2.00 bits per heavy atom. The normalized spacial score (nSPS) is 15.0. The first-order valence-electron chi connectivity index (χ1n) is 7.45. The van der Waals surface area contributed by atoms with E-state index in [1.807, 2.05) is 29.2 Å². The minimum atomic E-state index is -0.259. The van der Waals surface area contributed by atoms with Crippen LogP contribution in [0, 0.1) is 0 Å². The smallest absolute Gasteiger partial charge is 0.272 e. The Hall–Kier alpha value is -2.41. The Morgan fingerprint density at radius 1 is 1.23 bits per heavy atom. The first kappa shape index (κ1) is 14.5. The molecule has 7 nitrogen and oxygen atoms in total. The molecule has 1 fully saturated rings.